The van der Waals surface area contributed by atoms with Crippen molar-refractivity contribution in [1.29, 1.82) is 0 Å². The molecule has 0 aliphatic carbocycles. The van der Waals surface area contributed by atoms with Crippen molar-refractivity contribution in [2.24, 2.45) is 7.05 Å². The second-order valence-electron chi connectivity index (χ2n) is 4.84. The molecule has 23 heavy (non-hydrogen) atoms. The lowest BCUT2D eigenvalue weighted by Crippen LogP contribution is -2.42. The van der Waals surface area contributed by atoms with Crippen LogP contribution < -0.4 is 10.9 Å². The molecule has 1 heterocycles. The summed E-state index contributed by atoms with van der Waals surface area (Å²) in [5.74, 6) is -1.75. The number of amides is 2. The molecule has 2 rings (SSSR count). The first-order valence-corrected chi connectivity index (χ1v) is 6.46. The molecular weight excluding hydrogens is 313 g/mol. The SMILES string of the molecule is Cc1ccc(C(=O)NNC(=O)c2cn(C)nc2C(F)(F)F)cc1. The number of hydrazine groups is 1. The number of nitrogens with zero attached hydrogens (tertiary/aromatic N) is 2. The van der Waals surface area contributed by atoms with E-state index in [-0.39, 0.29) is 5.56 Å². The fourth-order valence-corrected chi connectivity index (χ4v) is 1.82. The molecule has 0 spiro atoms. The van der Waals surface area contributed by atoms with E-state index in [2.05, 4.69) is 10.5 Å². The Labute approximate surface area is 129 Å². The summed E-state index contributed by atoms with van der Waals surface area (Å²) in [5, 5.41) is 3.22. The zero-order valence-electron chi connectivity index (χ0n) is 12.2. The normalized spacial score (nSPS) is 11.2. The van der Waals surface area contributed by atoms with Gasteiger partial charge < -0.3 is 0 Å². The van der Waals surface area contributed by atoms with E-state index in [4.69, 9.17) is 0 Å². The van der Waals surface area contributed by atoms with Gasteiger partial charge in [-0.3, -0.25) is 25.1 Å². The maximum atomic E-state index is 12.8. The molecule has 1 aromatic carbocycles. The fourth-order valence-electron chi connectivity index (χ4n) is 1.82. The average molecular weight is 326 g/mol. The van der Waals surface area contributed by atoms with Crippen LogP contribution in [0.1, 0.15) is 32.0 Å². The largest absolute Gasteiger partial charge is 0.435 e. The molecule has 1 aromatic heterocycles. The van der Waals surface area contributed by atoms with Crippen molar-refractivity contribution in [3.63, 3.8) is 0 Å². The van der Waals surface area contributed by atoms with Crippen LogP contribution in [0.25, 0.3) is 0 Å². The molecule has 0 unspecified atom stereocenters. The molecular formula is C14H13F3N4O2. The number of carbonyl (C=O) groups excluding carboxylic acids is 2. The van der Waals surface area contributed by atoms with E-state index >= 15 is 0 Å². The molecule has 0 aliphatic rings. The second-order valence-corrected chi connectivity index (χ2v) is 4.84. The van der Waals surface area contributed by atoms with Crippen LogP contribution in [0.15, 0.2) is 30.5 Å². The fraction of sp³-hybridized carbons (Fsp3) is 0.214. The summed E-state index contributed by atoms with van der Waals surface area (Å²) in [7, 11) is 1.26. The van der Waals surface area contributed by atoms with Crippen molar-refractivity contribution in [2.45, 2.75) is 13.1 Å². The van der Waals surface area contributed by atoms with Crippen molar-refractivity contribution in [2.75, 3.05) is 0 Å². The van der Waals surface area contributed by atoms with Gasteiger partial charge in [0.25, 0.3) is 11.8 Å². The summed E-state index contributed by atoms with van der Waals surface area (Å²) >= 11 is 0. The van der Waals surface area contributed by atoms with Crippen LogP contribution in [-0.4, -0.2) is 21.6 Å². The highest BCUT2D eigenvalue weighted by Crippen LogP contribution is 2.30. The van der Waals surface area contributed by atoms with E-state index in [9.17, 15) is 22.8 Å². The van der Waals surface area contributed by atoms with Crippen LogP contribution in [0.3, 0.4) is 0 Å². The Kier molecular flexibility index (Phi) is 4.39. The van der Waals surface area contributed by atoms with E-state index in [1.165, 1.54) is 19.2 Å². The van der Waals surface area contributed by atoms with Crippen LogP contribution >= 0.6 is 0 Å². The van der Waals surface area contributed by atoms with Gasteiger partial charge in [0.2, 0.25) is 0 Å². The molecule has 0 saturated heterocycles. The molecule has 0 radical (unpaired) electrons. The Morgan fingerprint density at radius 2 is 1.65 bits per heavy atom. The predicted octanol–water partition coefficient (Wildman–Crippen LogP) is 1.82. The third-order valence-corrected chi connectivity index (χ3v) is 2.95. The monoisotopic (exact) mass is 326 g/mol. The van der Waals surface area contributed by atoms with Crippen molar-refractivity contribution in [3.8, 4) is 0 Å². The lowest BCUT2D eigenvalue weighted by atomic mass is 10.1. The Morgan fingerprint density at radius 1 is 1.09 bits per heavy atom. The first-order chi connectivity index (χ1) is 10.7. The van der Waals surface area contributed by atoms with Gasteiger partial charge >= 0.3 is 6.18 Å². The minimum atomic E-state index is -4.77. The van der Waals surface area contributed by atoms with Gasteiger partial charge in [-0.1, -0.05) is 17.7 Å². The number of nitrogens with one attached hydrogen (secondary N) is 2. The van der Waals surface area contributed by atoms with Crippen molar-refractivity contribution in [1.82, 2.24) is 20.6 Å². The number of aromatic nitrogens is 2. The van der Waals surface area contributed by atoms with E-state index in [0.29, 0.717) is 0 Å². The first-order valence-electron chi connectivity index (χ1n) is 6.46. The minimum Gasteiger partial charge on any atom is -0.274 e. The highest BCUT2D eigenvalue weighted by atomic mass is 19.4. The van der Waals surface area contributed by atoms with Crippen LogP contribution in [0.5, 0.6) is 0 Å². The van der Waals surface area contributed by atoms with Crippen molar-refractivity contribution >= 4 is 11.8 Å². The van der Waals surface area contributed by atoms with Gasteiger partial charge in [-0.15, -0.1) is 0 Å². The molecule has 0 bridgehead atoms. The molecule has 2 N–H and O–H groups in total. The Morgan fingerprint density at radius 3 is 2.22 bits per heavy atom. The van der Waals surface area contributed by atoms with Gasteiger partial charge in [0, 0.05) is 18.8 Å². The summed E-state index contributed by atoms with van der Waals surface area (Å²) in [6, 6.07) is 6.45. The molecule has 0 atom stereocenters. The number of alkyl halides is 3. The highest BCUT2D eigenvalue weighted by Gasteiger charge is 2.39. The standard InChI is InChI=1S/C14H13F3N4O2/c1-8-3-5-9(6-4-8)12(22)18-19-13(23)10-7-21(2)20-11(10)14(15,16)17/h3-7H,1-2H3,(H,18,22)(H,19,23). The molecule has 2 amide bonds. The number of hydrogen-bond donors (Lipinski definition) is 2. The maximum Gasteiger partial charge on any atom is 0.435 e. The highest BCUT2D eigenvalue weighted by molar-refractivity contribution is 5.99. The molecule has 6 nitrogen and oxygen atoms in total. The van der Waals surface area contributed by atoms with Crippen molar-refractivity contribution in [3.05, 3.63) is 52.8 Å². The Bertz CT molecular complexity index is 735. The number of hydrogen-bond acceptors (Lipinski definition) is 3. The maximum absolute atomic E-state index is 12.8. The third-order valence-electron chi connectivity index (χ3n) is 2.95. The lowest BCUT2D eigenvalue weighted by Gasteiger charge is -2.08. The zero-order chi connectivity index (χ0) is 17.2. The molecule has 0 fully saturated rings. The Hall–Kier alpha value is -2.84. The first kappa shape index (κ1) is 16.5. The number of benzene rings is 1. The summed E-state index contributed by atoms with van der Waals surface area (Å²) < 4.78 is 39.2. The number of carbonyl (C=O) groups is 2. The smallest absolute Gasteiger partial charge is 0.274 e. The van der Waals surface area contributed by atoms with E-state index < -0.39 is 29.2 Å². The van der Waals surface area contributed by atoms with Crippen LogP contribution in [0, 0.1) is 6.92 Å². The molecule has 122 valence electrons. The molecule has 9 heteroatoms. The molecule has 2 aromatic rings. The van der Waals surface area contributed by atoms with Crippen molar-refractivity contribution < 1.29 is 22.8 Å². The van der Waals surface area contributed by atoms with E-state index in [1.54, 1.807) is 12.1 Å². The summed E-state index contributed by atoms with van der Waals surface area (Å²) in [4.78, 5) is 23.6. The second kappa shape index (κ2) is 6.11. The summed E-state index contributed by atoms with van der Waals surface area (Å²) in [6.07, 6.45) is -3.84. The topological polar surface area (TPSA) is 76.0 Å². The van der Waals surface area contributed by atoms with Gasteiger partial charge in [-0.2, -0.15) is 18.3 Å². The quantitative estimate of drug-likeness (QED) is 0.827. The van der Waals surface area contributed by atoms with Gasteiger partial charge in [-0.05, 0) is 19.1 Å². The lowest BCUT2D eigenvalue weighted by molar-refractivity contribution is -0.141. The summed E-state index contributed by atoms with van der Waals surface area (Å²) in [5.41, 5.74) is 3.22. The zero-order valence-corrected chi connectivity index (χ0v) is 12.2. The van der Waals surface area contributed by atoms with E-state index in [0.717, 1.165) is 16.4 Å². The average Bonchev–Trinajstić information content (AvgIpc) is 2.87. The van der Waals surface area contributed by atoms with Gasteiger partial charge in [-0.25, -0.2) is 0 Å². The predicted molar refractivity (Wildman–Crippen MR) is 74.3 cm³/mol. The minimum absolute atomic E-state index is 0.262. The van der Waals surface area contributed by atoms with Gasteiger partial charge in [0.05, 0.1) is 5.56 Å². The number of aryl methyl sites for hydroxylation is 2. The molecule has 0 saturated carbocycles. The number of rotatable bonds is 2. The molecule has 0 aliphatic heterocycles. The third kappa shape index (κ3) is 3.87. The van der Waals surface area contributed by atoms with Crippen LogP contribution in [0.2, 0.25) is 0 Å². The Balaban J connectivity index is 2.08. The van der Waals surface area contributed by atoms with E-state index in [1.807, 2.05) is 12.3 Å². The van der Waals surface area contributed by atoms with Crippen LogP contribution in [-0.2, 0) is 13.2 Å². The van der Waals surface area contributed by atoms with Gasteiger partial charge in [0.1, 0.15) is 0 Å². The van der Waals surface area contributed by atoms with Crippen LogP contribution in [0.4, 0.5) is 13.2 Å². The summed E-state index contributed by atoms with van der Waals surface area (Å²) in [6.45, 7) is 1.84. The number of halogens is 3. The van der Waals surface area contributed by atoms with Gasteiger partial charge in [0.15, 0.2) is 5.69 Å².